The molecule has 0 aromatic carbocycles. The molecule has 0 heterocycles. The van der Waals surface area contributed by atoms with Gasteiger partial charge >= 0.3 is 50.5 Å². The maximum absolute atomic E-state index is 2.39. The van der Waals surface area contributed by atoms with E-state index >= 15 is 0 Å². The van der Waals surface area contributed by atoms with Gasteiger partial charge in [-0.1, -0.05) is 0 Å². The zero-order valence-electron chi connectivity index (χ0n) is 1.58. The molecule has 4 heavy (non-hydrogen) atoms. The van der Waals surface area contributed by atoms with Gasteiger partial charge in [0, 0.05) is 18.0 Å². The van der Waals surface area contributed by atoms with Gasteiger partial charge in [0.2, 0.25) is 0 Å². The Morgan fingerprint density at radius 2 is 1.25 bits per heavy atom. The van der Waals surface area contributed by atoms with Crippen LogP contribution in [-0.4, -0.2) is 18.0 Å². The molecule has 0 N–H and O–H groups in total. The van der Waals surface area contributed by atoms with E-state index in [1.54, 1.807) is 0 Å². The van der Waals surface area contributed by atoms with E-state index in [2.05, 4.69) is 37.2 Å². The molecule has 0 nitrogen and oxygen atoms in total. The zero-order valence-corrected chi connectivity index (χ0v) is 9.93. The van der Waals surface area contributed by atoms with Crippen LogP contribution in [0.3, 0.4) is 0 Å². The van der Waals surface area contributed by atoms with Crippen LogP contribution in [0.25, 0.3) is 0 Å². The van der Waals surface area contributed by atoms with Gasteiger partial charge in [-0.25, -0.2) is 0 Å². The van der Waals surface area contributed by atoms with Crippen LogP contribution in [0, 0.1) is 0 Å². The Kier molecular flexibility index (Phi) is 22.8. The molecule has 4 heteroatoms. The van der Waals surface area contributed by atoms with Gasteiger partial charge < -0.3 is 0 Å². The van der Waals surface area contributed by atoms with E-state index in [1.165, 1.54) is 0 Å². The van der Waals surface area contributed by atoms with E-state index in [4.69, 9.17) is 0 Å². The first-order valence-electron chi connectivity index (χ1n) is 0.286. The Hall–Kier alpha value is 2.75. The van der Waals surface area contributed by atoms with E-state index in [1.807, 2.05) is 0 Å². The Labute approximate surface area is 66.8 Å². The summed E-state index contributed by atoms with van der Waals surface area (Å²) < 4.78 is 0. The summed E-state index contributed by atoms with van der Waals surface area (Å²) in [5.41, 5.74) is 0. The summed E-state index contributed by atoms with van der Waals surface area (Å²) in [6.07, 6.45) is 0. The minimum absolute atomic E-state index is 0. The maximum atomic E-state index is 2.39. The second kappa shape index (κ2) is 9.22. The number of halogens is 3. The van der Waals surface area contributed by atoms with Crippen LogP contribution in [-0.2, 0) is 0 Å². The topological polar surface area (TPSA) is 0 Å². The molecule has 0 bridgehead atoms. The molecule has 0 saturated heterocycles. The molecule has 0 aliphatic rings. The number of hydrogen-bond donors (Lipinski definition) is 0. The second-order valence-electron chi connectivity index (χ2n) is 0.0540. The molecule has 0 saturated carbocycles. The van der Waals surface area contributed by atoms with Crippen LogP contribution in [0.1, 0.15) is 0 Å². The largest absolute Gasteiger partial charge is 0 e. The van der Waals surface area contributed by atoms with Crippen molar-refractivity contribution in [2.75, 3.05) is 0 Å². The van der Waals surface area contributed by atoms with Gasteiger partial charge in [0.05, 0.1) is 0 Å². The summed E-state index contributed by atoms with van der Waals surface area (Å²) in [6, 6.07) is 0. The van der Waals surface area contributed by atoms with Crippen LogP contribution in [0.5, 0.6) is 0 Å². The van der Waals surface area contributed by atoms with Crippen molar-refractivity contribution in [2.45, 2.75) is 0 Å². The molecule has 0 atom stereocenters. The first-order chi connectivity index (χ1) is 1.41. The van der Waals surface area contributed by atoms with Crippen LogP contribution < -0.4 is 13.3 Å². The molecule has 0 aliphatic heterocycles. The van der Waals surface area contributed by atoms with E-state index in [9.17, 15) is 0 Å². The Morgan fingerprint density at radius 1 is 1.25 bits per heavy atom. The van der Waals surface area contributed by atoms with Gasteiger partial charge in [0.1, 0.15) is 0 Å². The standard InChI is InChI=1S/As.I3/c;1-3-2/q;-1. The van der Waals surface area contributed by atoms with Crippen LogP contribution >= 0.6 is 37.2 Å². The van der Waals surface area contributed by atoms with Crippen molar-refractivity contribution in [3.05, 3.63) is 0 Å². The van der Waals surface area contributed by atoms with Crippen molar-refractivity contribution in [3.8, 4) is 0 Å². The fourth-order valence-corrected chi connectivity index (χ4v) is 0. The smallest absolute Gasteiger partial charge is 0 e. The van der Waals surface area contributed by atoms with E-state index in [0.717, 1.165) is 0 Å². The van der Waals surface area contributed by atoms with Crippen LogP contribution in [0.4, 0.5) is 0 Å². The first kappa shape index (κ1) is 9.89. The van der Waals surface area contributed by atoms with Crippen LogP contribution in [0.15, 0.2) is 0 Å². The molecule has 0 fully saturated rings. The number of hydrogen-bond acceptors (Lipinski definition) is 0. The van der Waals surface area contributed by atoms with Gasteiger partial charge in [0.15, 0.2) is 0 Å². The molecule has 0 aromatic heterocycles. The summed E-state index contributed by atoms with van der Waals surface area (Å²) in [5, 5.41) is 0. The van der Waals surface area contributed by atoms with Crippen molar-refractivity contribution in [1.82, 2.24) is 0 Å². The predicted octanol–water partition coefficient (Wildman–Crippen LogP) is -1.61. The summed E-state index contributed by atoms with van der Waals surface area (Å²) >= 11 is 5.30. The third kappa shape index (κ3) is 8.83. The van der Waals surface area contributed by atoms with Gasteiger partial charge in [-0.3, -0.25) is 0 Å². The number of rotatable bonds is 0. The molecular weight excluding hydrogens is 456 g/mol. The van der Waals surface area contributed by atoms with Crippen molar-refractivity contribution in [2.24, 2.45) is 0 Å². The molecule has 0 aromatic rings. The molecule has 27 valence electrons. The molecule has 0 unspecified atom stereocenters. The monoisotopic (exact) mass is 456 g/mol. The summed E-state index contributed by atoms with van der Waals surface area (Å²) in [5.74, 6) is 0. The minimum Gasteiger partial charge on any atom is 0 e. The third-order valence-corrected chi connectivity index (χ3v) is 0. The fraction of sp³-hybridized carbons (Fsp3) is 0. The zero-order chi connectivity index (χ0) is 2.71. The fourth-order valence-electron chi connectivity index (χ4n) is 0. The van der Waals surface area contributed by atoms with Gasteiger partial charge in [-0.05, 0) is 0 Å². The minimum atomic E-state index is 0. The van der Waals surface area contributed by atoms with Crippen LogP contribution in [0.2, 0.25) is 0 Å². The van der Waals surface area contributed by atoms with E-state index in [-0.39, 0.29) is 18.0 Å². The van der Waals surface area contributed by atoms with Crippen molar-refractivity contribution in [1.29, 1.82) is 0 Å². The molecule has 0 spiro atoms. The molecule has 0 amide bonds. The SMILES string of the molecule is I[I-]I.[As]. The van der Waals surface area contributed by atoms with Gasteiger partial charge in [-0.2, -0.15) is 0 Å². The summed E-state index contributed by atoms with van der Waals surface area (Å²) in [6.45, 7) is 0. The summed E-state index contributed by atoms with van der Waals surface area (Å²) in [4.78, 5) is 0. The van der Waals surface area contributed by atoms with E-state index < -0.39 is 0 Å². The van der Waals surface area contributed by atoms with Gasteiger partial charge in [0.25, 0.3) is 0 Å². The predicted molar refractivity (Wildman–Crippen MR) is 33.8 cm³/mol. The first-order valence-corrected chi connectivity index (χ1v) is 12.9. The van der Waals surface area contributed by atoms with E-state index in [0.29, 0.717) is 13.3 Å². The van der Waals surface area contributed by atoms with Crippen molar-refractivity contribution in [3.63, 3.8) is 0 Å². The average Bonchev–Trinajstić information content (AvgIpc) is 0.918. The van der Waals surface area contributed by atoms with Gasteiger partial charge in [-0.15, -0.1) is 0 Å². The average molecular weight is 456 g/mol. The molecule has 3 radical (unpaired) electrons. The molecular formula is AsI3-. The quantitative estimate of drug-likeness (QED) is 0.305. The Bertz CT molecular complexity index is 3.25. The molecule has 0 rings (SSSR count). The maximum Gasteiger partial charge on any atom is 0 e. The second-order valence-corrected chi connectivity index (χ2v) is 16.3. The van der Waals surface area contributed by atoms with Crippen molar-refractivity contribution < 1.29 is 13.3 Å². The Morgan fingerprint density at radius 3 is 1.25 bits per heavy atom. The molecule has 0 aliphatic carbocycles. The van der Waals surface area contributed by atoms with Crippen molar-refractivity contribution >= 4 is 55.2 Å². The third-order valence-electron chi connectivity index (χ3n) is 0. The normalized spacial score (nSPS) is 5.50. The Balaban J connectivity index is 0. The summed E-state index contributed by atoms with van der Waals surface area (Å²) in [7, 11) is 0.